The predicted octanol–water partition coefficient (Wildman–Crippen LogP) is 3.18. The van der Waals surface area contributed by atoms with E-state index in [-0.39, 0.29) is 49.1 Å². The van der Waals surface area contributed by atoms with Crippen molar-refractivity contribution in [3.8, 4) is 11.5 Å². The lowest BCUT2D eigenvalue weighted by atomic mass is 9.66. The maximum atomic E-state index is 14.1. The van der Waals surface area contributed by atoms with Crippen LogP contribution in [-0.2, 0) is 30.3 Å². The molecule has 1 saturated carbocycles. The van der Waals surface area contributed by atoms with Gasteiger partial charge in [-0.05, 0) is 69.6 Å². The number of ether oxygens (including phenoxy) is 3. The number of hydrogen-bond acceptors (Lipinski definition) is 7. The summed E-state index contributed by atoms with van der Waals surface area (Å²) in [7, 11) is 3.17. The number of piperidine rings is 1. The number of rotatable bonds is 10. The normalized spacial score (nSPS) is 24.1. The number of nitrogens with zero attached hydrogens (tertiary/aromatic N) is 3. The minimum atomic E-state index is -0.944. The first-order valence-corrected chi connectivity index (χ1v) is 15.3. The SMILES string of the molecule is CCOC(=O)[C@]12CCCC=C1N(CCc1ccc(OC)c(OC)c1)C(=O)[C@H](CC(=O)N1CCN(C(=O)C3CC3)CC1)C2. The molecule has 2 atom stereocenters. The van der Waals surface area contributed by atoms with Crippen molar-refractivity contribution in [1.29, 1.82) is 0 Å². The number of carbonyl (C=O) groups is 4. The van der Waals surface area contributed by atoms with Crippen LogP contribution >= 0.6 is 0 Å². The second-order valence-corrected chi connectivity index (χ2v) is 11.8. The molecule has 228 valence electrons. The maximum absolute atomic E-state index is 14.1. The van der Waals surface area contributed by atoms with Gasteiger partial charge in [0.2, 0.25) is 17.7 Å². The van der Waals surface area contributed by atoms with Crippen LogP contribution in [0.2, 0.25) is 0 Å². The highest BCUT2D eigenvalue weighted by molar-refractivity contribution is 5.92. The summed E-state index contributed by atoms with van der Waals surface area (Å²) in [6.45, 7) is 4.39. The summed E-state index contributed by atoms with van der Waals surface area (Å²) < 4.78 is 16.4. The molecule has 3 fully saturated rings. The first-order valence-electron chi connectivity index (χ1n) is 15.3. The van der Waals surface area contributed by atoms with E-state index in [1.165, 1.54) is 0 Å². The van der Waals surface area contributed by atoms with Crippen LogP contribution < -0.4 is 9.47 Å². The molecule has 10 heteroatoms. The Balaban J connectivity index is 1.34. The van der Waals surface area contributed by atoms with Gasteiger partial charge in [0.1, 0.15) is 5.41 Å². The standard InChI is InChI=1S/C32H43N3O7/c1-4-42-31(39)32-13-6-5-7-27(32)35(14-12-22-8-11-25(40-2)26(19-22)41-3)30(38)24(21-32)20-28(36)33-15-17-34(18-16-33)29(37)23-9-10-23/h7-8,11,19,23-24H,4-6,9-10,12-18,20-21H2,1-3H3/t24-,32+/m1/s1. The van der Waals surface area contributed by atoms with E-state index in [1.807, 2.05) is 29.2 Å². The van der Waals surface area contributed by atoms with Gasteiger partial charge in [0, 0.05) is 56.7 Å². The van der Waals surface area contributed by atoms with E-state index in [9.17, 15) is 19.2 Å². The van der Waals surface area contributed by atoms with Gasteiger partial charge in [-0.25, -0.2) is 0 Å². The van der Waals surface area contributed by atoms with E-state index in [1.54, 1.807) is 30.9 Å². The number of hydrogen-bond donors (Lipinski definition) is 0. The number of esters is 1. The Kier molecular flexibility index (Phi) is 9.08. The highest BCUT2D eigenvalue weighted by atomic mass is 16.5. The number of methoxy groups -OCH3 is 2. The van der Waals surface area contributed by atoms with Crippen LogP contribution in [0.25, 0.3) is 0 Å². The van der Waals surface area contributed by atoms with Crippen molar-refractivity contribution in [3.63, 3.8) is 0 Å². The summed E-state index contributed by atoms with van der Waals surface area (Å²) in [5, 5.41) is 0. The van der Waals surface area contributed by atoms with Crippen molar-refractivity contribution in [2.24, 2.45) is 17.3 Å². The Morgan fingerprint density at radius 3 is 2.38 bits per heavy atom. The highest BCUT2D eigenvalue weighted by Gasteiger charge is 2.54. The fourth-order valence-corrected chi connectivity index (χ4v) is 6.72. The van der Waals surface area contributed by atoms with Crippen molar-refractivity contribution in [1.82, 2.24) is 14.7 Å². The van der Waals surface area contributed by atoms with Gasteiger partial charge in [-0.3, -0.25) is 19.2 Å². The minimum Gasteiger partial charge on any atom is -0.493 e. The van der Waals surface area contributed by atoms with Crippen molar-refractivity contribution in [2.75, 3.05) is 53.6 Å². The topological polar surface area (TPSA) is 106 Å². The average Bonchev–Trinajstić information content (AvgIpc) is 3.86. The van der Waals surface area contributed by atoms with Crippen LogP contribution in [-0.4, -0.2) is 91.9 Å². The smallest absolute Gasteiger partial charge is 0.318 e. The van der Waals surface area contributed by atoms with Gasteiger partial charge >= 0.3 is 5.97 Å². The van der Waals surface area contributed by atoms with Crippen LogP contribution in [0.5, 0.6) is 11.5 Å². The van der Waals surface area contributed by atoms with Crippen LogP contribution in [0.4, 0.5) is 0 Å². The Labute approximate surface area is 247 Å². The fourth-order valence-electron chi connectivity index (χ4n) is 6.72. The number of benzene rings is 1. The number of fused-ring (bicyclic) bond motifs is 1. The summed E-state index contributed by atoms with van der Waals surface area (Å²) in [5.74, 6) is 0.422. The molecule has 1 aromatic carbocycles. The molecule has 10 nitrogen and oxygen atoms in total. The van der Waals surface area contributed by atoms with E-state index < -0.39 is 11.3 Å². The minimum absolute atomic E-state index is 0.0384. The zero-order valence-electron chi connectivity index (χ0n) is 25.1. The third-order valence-corrected chi connectivity index (χ3v) is 9.17. The molecule has 2 aliphatic carbocycles. The molecule has 2 heterocycles. The van der Waals surface area contributed by atoms with Crippen molar-refractivity contribution in [2.45, 2.75) is 58.3 Å². The first kappa shape index (κ1) is 29.9. The molecule has 3 amide bonds. The third kappa shape index (κ3) is 5.99. The fraction of sp³-hybridized carbons (Fsp3) is 0.625. The zero-order valence-corrected chi connectivity index (χ0v) is 25.1. The molecule has 0 unspecified atom stereocenters. The van der Waals surface area contributed by atoms with Crippen molar-refractivity contribution < 1.29 is 33.4 Å². The number of piperazine rings is 1. The number of amides is 3. The molecule has 42 heavy (non-hydrogen) atoms. The van der Waals surface area contributed by atoms with Crippen LogP contribution in [0.3, 0.4) is 0 Å². The second kappa shape index (κ2) is 12.8. The molecular formula is C32H43N3O7. The summed E-state index contributed by atoms with van der Waals surface area (Å²) in [4.78, 5) is 58.9. The summed E-state index contributed by atoms with van der Waals surface area (Å²) in [6.07, 6.45) is 6.98. The monoisotopic (exact) mass is 581 g/mol. The molecule has 0 bridgehead atoms. The van der Waals surface area contributed by atoms with Gasteiger partial charge in [-0.1, -0.05) is 12.1 Å². The molecule has 0 N–H and O–H groups in total. The highest BCUT2D eigenvalue weighted by Crippen LogP contribution is 2.50. The van der Waals surface area contributed by atoms with E-state index in [2.05, 4.69) is 0 Å². The van der Waals surface area contributed by atoms with E-state index in [4.69, 9.17) is 14.2 Å². The second-order valence-electron chi connectivity index (χ2n) is 11.8. The van der Waals surface area contributed by atoms with Crippen LogP contribution in [0.1, 0.15) is 57.4 Å². The largest absolute Gasteiger partial charge is 0.493 e. The Hall–Kier alpha value is -3.56. The summed E-state index contributed by atoms with van der Waals surface area (Å²) >= 11 is 0. The van der Waals surface area contributed by atoms with Gasteiger partial charge in [0.25, 0.3) is 0 Å². The molecule has 2 saturated heterocycles. The van der Waals surface area contributed by atoms with E-state index in [0.717, 1.165) is 31.2 Å². The Bertz CT molecular complexity index is 1230. The van der Waals surface area contributed by atoms with Gasteiger partial charge in [0.15, 0.2) is 11.5 Å². The Morgan fingerprint density at radius 1 is 1.00 bits per heavy atom. The first-order chi connectivity index (χ1) is 20.3. The number of likely N-dealkylation sites (tertiary alicyclic amines) is 1. The van der Waals surface area contributed by atoms with Gasteiger partial charge in [0.05, 0.1) is 20.8 Å². The van der Waals surface area contributed by atoms with E-state index in [0.29, 0.717) is 62.8 Å². The molecule has 5 rings (SSSR count). The zero-order chi connectivity index (χ0) is 29.9. The molecule has 4 aliphatic rings. The molecule has 2 aliphatic heterocycles. The molecule has 0 aromatic heterocycles. The van der Waals surface area contributed by atoms with Crippen LogP contribution in [0, 0.1) is 17.3 Å². The summed E-state index contributed by atoms with van der Waals surface area (Å²) in [5.41, 5.74) is 0.740. The summed E-state index contributed by atoms with van der Waals surface area (Å²) in [6, 6.07) is 5.68. The van der Waals surface area contributed by atoms with Crippen molar-refractivity contribution in [3.05, 3.63) is 35.5 Å². The number of carbonyl (C=O) groups excluding carboxylic acids is 4. The molecule has 0 radical (unpaired) electrons. The lowest BCUT2D eigenvalue weighted by Gasteiger charge is -2.48. The predicted molar refractivity (Wildman–Crippen MR) is 155 cm³/mol. The van der Waals surface area contributed by atoms with Crippen LogP contribution in [0.15, 0.2) is 30.0 Å². The maximum Gasteiger partial charge on any atom is 0.318 e. The lowest BCUT2D eigenvalue weighted by Crippen LogP contribution is -2.55. The molecular weight excluding hydrogens is 538 g/mol. The molecule has 1 aromatic rings. The third-order valence-electron chi connectivity index (χ3n) is 9.17. The van der Waals surface area contributed by atoms with Crippen molar-refractivity contribution >= 4 is 23.7 Å². The van der Waals surface area contributed by atoms with Gasteiger partial charge in [-0.15, -0.1) is 0 Å². The quantitative estimate of drug-likeness (QED) is 0.391. The lowest BCUT2D eigenvalue weighted by molar-refractivity contribution is -0.162. The Morgan fingerprint density at radius 2 is 1.71 bits per heavy atom. The van der Waals surface area contributed by atoms with E-state index >= 15 is 0 Å². The van der Waals surface area contributed by atoms with Gasteiger partial charge < -0.3 is 28.9 Å². The van der Waals surface area contributed by atoms with Gasteiger partial charge in [-0.2, -0.15) is 0 Å². The number of allylic oxidation sites excluding steroid dienone is 1. The molecule has 0 spiro atoms. The average molecular weight is 582 g/mol.